The molecule has 164 valence electrons. The van der Waals surface area contributed by atoms with E-state index in [0.29, 0.717) is 16.6 Å². The van der Waals surface area contributed by atoms with Crippen molar-refractivity contribution in [3.8, 4) is 0 Å². The highest BCUT2D eigenvalue weighted by Gasteiger charge is 2.33. The number of rotatable bonds is 5. The summed E-state index contributed by atoms with van der Waals surface area (Å²) in [6, 6.07) is 11.4. The van der Waals surface area contributed by atoms with Gasteiger partial charge in [0.2, 0.25) is 11.8 Å². The van der Waals surface area contributed by atoms with Gasteiger partial charge in [0, 0.05) is 25.7 Å². The number of hydrogen-bond donors (Lipinski definition) is 1. The van der Waals surface area contributed by atoms with Gasteiger partial charge in [-0.15, -0.1) is 0 Å². The highest BCUT2D eigenvalue weighted by Crippen LogP contribution is 2.34. The van der Waals surface area contributed by atoms with Gasteiger partial charge >= 0.3 is 0 Å². The van der Waals surface area contributed by atoms with E-state index in [9.17, 15) is 9.59 Å². The predicted octanol–water partition coefficient (Wildman–Crippen LogP) is 4.72. The number of amides is 2. The van der Waals surface area contributed by atoms with Gasteiger partial charge in [-0.05, 0) is 73.3 Å². The molecule has 2 heterocycles. The summed E-state index contributed by atoms with van der Waals surface area (Å²) in [7, 11) is 0. The van der Waals surface area contributed by atoms with Crippen LogP contribution in [0.25, 0.3) is 0 Å². The average molecular weight is 460 g/mol. The third kappa shape index (κ3) is 5.22. The van der Waals surface area contributed by atoms with E-state index in [0.717, 1.165) is 42.9 Å². The Bertz CT molecular complexity index is 989. The minimum absolute atomic E-state index is 0.0363. The van der Waals surface area contributed by atoms with Crippen LogP contribution in [0.3, 0.4) is 0 Å². The predicted molar refractivity (Wildman–Crippen MR) is 125 cm³/mol. The van der Waals surface area contributed by atoms with Gasteiger partial charge in [0.1, 0.15) is 0 Å². The largest absolute Gasteiger partial charge is 0.334 e. The molecule has 0 aromatic heterocycles. The molecule has 0 bridgehead atoms. The van der Waals surface area contributed by atoms with Crippen molar-refractivity contribution in [3.63, 3.8) is 0 Å². The molecule has 2 aromatic rings. The molecule has 1 fully saturated rings. The number of likely N-dealkylation sites (tertiary alicyclic amines) is 1. The van der Waals surface area contributed by atoms with Crippen LogP contribution in [0, 0.1) is 0 Å². The highest BCUT2D eigenvalue weighted by molar-refractivity contribution is 6.42. The number of benzene rings is 2. The van der Waals surface area contributed by atoms with Crippen molar-refractivity contribution in [2.75, 3.05) is 31.5 Å². The molecular weight excluding hydrogens is 433 g/mol. The van der Waals surface area contributed by atoms with Gasteiger partial charge < -0.3 is 15.1 Å². The minimum Gasteiger partial charge on any atom is -0.334 e. The Morgan fingerprint density at radius 3 is 2.52 bits per heavy atom. The summed E-state index contributed by atoms with van der Waals surface area (Å²) in [6.45, 7) is 5.13. The second-order valence-electron chi connectivity index (χ2n) is 8.38. The molecule has 2 aromatic carbocycles. The number of nitrogens with zero attached hydrogens (tertiary/aromatic N) is 2. The first-order chi connectivity index (χ1) is 14.9. The first-order valence-electron chi connectivity index (χ1n) is 10.8. The van der Waals surface area contributed by atoms with E-state index in [-0.39, 0.29) is 24.3 Å². The summed E-state index contributed by atoms with van der Waals surface area (Å²) in [5, 5.41) is 3.83. The van der Waals surface area contributed by atoms with Crippen LogP contribution in [0.15, 0.2) is 36.4 Å². The van der Waals surface area contributed by atoms with Crippen molar-refractivity contribution in [1.29, 1.82) is 0 Å². The van der Waals surface area contributed by atoms with E-state index in [1.54, 1.807) is 12.1 Å². The van der Waals surface area contributed by atoms with E-state index < -0.39 is 0 Å². The number of fused-ring (bicyclic) bond motifs is 1. The van der Waals surface area contributed by atoms with Crippen LogP contribution in [-0.2, 0) is 22.4 Å². The molecular formula is C24H27Cl2N3O2. The number of anilines is 1. The molecule has 1 atom stereocenters. The van der Waals surface area contributed by atoms with Crippen LogP contribution in [0.1, 0.15) is 42.5 Å². The van der Waals surface area contributed by atoms with Crippen LogP contribution < -0.4 is 5.32 Å². The molecule has 2 amide bonds. The minimum atomic E-state index is -0.0978. The van der Waals surface area contributed by atoms with Crippen LogP contribution >= 0.6 is 23.2 Å². The molecule has 0 aliphatic carbocycles. The lowest BCUT2D eigenvalue weighted by Gasteiger charge is -2.39. The summed E-state index contributed by atoms with van der Waals surface area (Å²) in [6.07, 6.45) is 3.48. The Morgan fingerprint density at radius 1 is 1.03 bits per heavy atom. The van der Waals surface area contributed by atoms with Gasteiger partial charge in [0.15, 0.2) is 0 Å². The number of nitrogens with one attached hydrogen (secondary N) is 1. The van der Waals surface area contributed by atoms with Crippen molar-refractivity contribution < 1.29 is 9.59 Å². The lowest BCUT2D eigenvalue weighted by Crippen LogP contribution is -2.45. The van der Waals surface area contributed by atoms with E-state index in [2.05, 4.69) is 16.3 Å². The van der Waals surface area contributed by atoms with Crippen molar-refractivity contribution in [3.05, 3.63) is 63.1 Å². The second kappa shape index (κ2) is 9.60. The first kappa shape index (κ1) is 22.1. The molecule has 5 nitrogen and oxygen atoms in total. The molecule has 4 rings (SSSR count). The Labute approximate surface area is 193 Å². The van der Waals surface area contributed by atoms with Crippen molar-refractivity contribution in [2.45, 2.75) is 38.6 Å². The first-order valence-corrected chi connectivity index (χ1v) is 11.5. The van der Waals surface area contributed by atoms with Gasteiger partial charge in [0.05, 0.1) is 22.5 Å². The molecule has 1 unspecified atom stereocenters. The van der Waals surface area contributed by atoms with Crippen LogP contribution in [0.2, 0.25) is 10.0 Å². The Balaban J connectivity index is 1.61. The van der Waals surface area contributed by atoms with Crippen molar-refractivity contribution in [2.24, 2.45) is 0 Å². The van der Waals surface area contributed by atoms with Crippen LogP contribution in [-0.4, -0.2) is 47.8 Å². The lowest BCUT2D eigenvalue weighted by atomic mass is 9.91. The summed E-state index contributed by atoms with van der Waals surface area (Å²) < 4.78 is 0. The normalized spacial score (nSPS) is 18.7. The zero-order chi connectivity index (χ0) is 22.0. The molecule has 1 saturated heterocycles. The van der Waals surface area contributed by atoms with Crippen LogP contribution in [0.4, 0.5) is 5.69 Å². The maximum atomic E-state index is 13.4. The van der Waals surface area contributed by atoms with E-state index in [1.807, 2.05) is 23.1 Å². The SMILES string of the molecule is CC(=O)Nc1ccc2c(c1)C(CN1CCCC1)N(C(=O)Cc1ccc(Cl)c(Cl)c1)CC2. The number of carbonyl (C=O) groups excluding carboxylic acids is 2. The molecule has 31 heavy (non-hydrogen) atoms. The summed E-state index contributed by atoms with van der Waals surface area (Å²) in [5.74, 6) is -0.0161. The monoisotopic (exact) mass is 459 g/mol. The Kier molecular flexibility index (Phi) is 6.85. The molecule has 0 spiro atoms. The fraction of sp³-hybridized carbons (Fsp3) is 0.417. The zero-order valence-corrected chi connectivity index (χ0v) is 19.2. The fourth-order valence-corrected chi connectivity index (χ4v) is 4.93. The van der Waals surface area contributed by atoms with Gasteiger partial charge in [-0.2, -0.15) is 0 Å². The third-order valence-corrected chi connectivity index (χ3v) is 6.85. The molecule has 0 saturated carbocycles. The summed E-state index contributed by atoms with van der Waals surface area (Å²) in [4.78, 5) is 29.4. The van der Waals surface area contributed by atoms with Gasteiger partial charge in [0.25, 0.3) is 0 Å². The van der Waals surface area contributed by atoms with E-state index in [4.69, 9.17) is 23.2 Å². The van der Waals surface area contributed by atoms with Gasteiger partial charge in [-0.1, -0.05) is 35.3 Å². The summed E-state index contributed by atoms with van der Waals surface area (Å²) in [5.41, 5.74) is 4.01. The second-order valence-corrected chi connectivity index (χ2v) is 9.20. The highest BCUT2D eigenvalue weighted by atomic mass is 35.5. The number of halogens is 2. The topological polar surface area (TPSA) is 52.7 Å². The molecule has 2 aliphatic rings. The Morgan fingerprint density at radius 2 is 1.81 bits per heavy atom. The average Bonchev–Trinajstić information content (AvgIpc) is 3.24. The van der Waals surface area contributed by atoms with Gasteiger partial charge in [-0.3, -0.25) is 9.59 Å². The smallest absolute Gasteiger partial charge is 0.227 e. The third-order valence-electron chi connectivity index (χ3n) is 6.11. The maximum absolute atomic E-state index is 13.4. The standard InChI is InChI=1S/C24H27Cl2N3O2/c1-16(30)27-19-6-5-18-8-11-29(23(20(18)14-19)15-28-9-2-3-10-28)24(31)13-17-4-7-21(25)22(26)12-17/h4-7,12,14,23H,2-3,8-11,13,15H2,1H3,(H,27,30). The van der Waals surface area contributed by atoms with Gasteiger partial charge in [-0.25, -0.2) is 0 Å². The maximum Gasteiger partial charge on any atom is 0.227 e. The fourth-order valence-electron chi connectivity index (χ4n) is 4.61. The molecule has 7 heteroatoms. The summed E-state index contributed by atoms with van der Waals surface area (Å²) >= 11 is 12.2. The van der Waals surface area contributed by atoms with E-state index in [1.165, 1.54) is 25.3 Å². The van der Waals surface area contributed by atoms with E-state index >= 15 is 0 Å². The Hall–Kier alpha value is -2.08. The molecule has 0 radical (unpaired) electrons. The lowest BCUT2D eigenvalue weighted by molar-refractivity contribution is -0.133. The zero-order valence-electron chi connectivity index (χ0n) is 17.7. The number of carbonyl (C=O) groups is 2. The number of hydrogen-bond acceptors (Lipinski definition) is 3. The van der Waals surface area contributed by atoms with Crippen molar-refractivity contribution >= 4 is 40.7 Å². The molecule has 1 N–H and O–H groups in total. The van der Waals surface area contributed by atoms with Crippen molar-refractivity contribution in [1.82, 2.24) is 9.80 Å². The molecule has 2 aliphatic heterocycles. The van der Waals surface area contributed by atoms with Crippen LogP contribution in [0.5, 0.6) is 0 Å². The quantitative estimate of drug-likeness (QED) is 0.703.